The summed E-state index contributed by atoms with van der Waals surface area (Å²) in [5, 5.41) is 6.58. The second-order valence-electron chi connectivity index (χ2n) is 3.49. The predicted octanol–water partition coefficient (Wildman–Crippen LogP) is 2.57. The van der Waals surface area contributed by atoms with Crippen LogP contribution in [0, 0.1) is 6.92 Å². The molecule has 0 atom stereocenters. The lowest BCUT2D eigenvalue weighted by atomic mass is 10.1. The van der Waals surface area contributed by atoms with E-state index in [0.717, 1.165) is 0 Å². The lowest BCUT2D eigenvalue weighted by Gasteiger charge is -2.09. The largest absolute Gasteiger partial charge is 0.434 e. The number of hydrogen-bond acceptors (Lipinski definition) is 3. The van der Waals surface area contributed by atoms with Crippen molar-refractivity contribution in [3.05, 3.63) is 29.8 Å². The molecule has 4 nitrogen and oxygen atoms in total. The molecule has 0 bridgehead atoms. The molecule has 0 radical (unpaired) electrons. The number of rotatable bonds is 3. The van der Waals surface area contributed by atoms with Crippen LogP contribution < -0.4 is 10.5 Å². The molecule has 17 heavy (non-hydrogen) atoms. The Kier molecular flexibility index (Phi) is 2.95. The van der Waals surface area contributed by atoms with E-state index in [0.29, 0.717) is 22.6 Å². The molecule has 0 unspecified atom stereocenters. The molecule has 0 saturated carbocycles. The standard InChI is InChI=1S/C11H11F2N3O/c1-6-9(15-16-10(6)14)7-4-2-3-5-8(7)17-11(12)13/h2-5,11H,1H3,(H3,14,15,16). The van der Waals surface area contributed by atoms with Gasteiger partial charge in [0.25, 0.3) is 0 Å². The van der Waals surface area contributed by atoms with Gasteiger partial charge in [0, 0.05) is 11.1 Å². The number of benzene rings is 1. The molecular formula is C11H11F2N3O. The molecular weight excluding hydrogens is 228 g/mol. The summed E-state index contributed by atoms with van der Waals surface area (Å²) in [6.45, 7) is -1.11. The topological polar surface area (TPSA) is 63.9 Å². The van der Waals surface area contributed by atoms with Gasteiger partial charge in [-0.25, -0.2) is 0 Å². The van der Waals surface area contributed by atoms with Crippen LogP contribution in [0.25, 0.3) is 11.3 Å². The lowest BCUT2D eigenvalue weighted by Crippen LogP contribution is -2.03. The van der Waals surface area contributed by atoms with Gasteiger partial charge in [0.2, 0.25) is 0 Å². The van der Waals surface area contributed by atoms with E-state index in [1.165, 1.54) is 6.07 Å². The number of H-pyrrole nitrogens is 1. The van der Waals surface area contributed by atoms with Crippen LogP contribution in [0.4, 0.5) is 14.6 Å². The molecule has 1 heterocycles. The Balaban J connectivity index is 2.48. The fourth-order valence-corrected chi connectivity index (χ4v) is 1.53. The lowest BCUT2D eigenvalue weighted by molar-refractivity contribution is -0.0494. The zero-order valence-corrected chi connectivity index (χ0v) is 9.08. The van der Waals surface area contributed by atoms with E-state index in [4.69, 9.17) is 5.73 Å². The minimum absolute atomic E-state index is 0.0806. The first-order valence-corrected chi connectivity index (χ1v) is 4.94. The first kappa shape index (κ1) is 11.4. The molecule has 0 saturated heterocycles. The number of nitrogens with zero attached hydrogens (tertiary/aromatic N) is 1. The first-order valence-electron chi connectivity index (χ1n) is 4.94. The third kappa shape index (κ3) is 2.20. The third-order valence-corrected chi connectivity index (χ3v) is 2.41. The van der Waals surface area contributed by atoms with Crippen molar-refractivity contribution in [2.24, 2.45) is 0 Å². The normalized spacial score (nSPS) is 10.8. The molecule has 1 aromatic carbocycles. The molecule has 1 aromatic heterocycles. The molecule has 0 aliphatic carbocycles. The predicted molar refractivity (Wildman–Crippen MR) is 59.8 cm³/mol. The Bertz CT molecular complexity index is 525. The number of nitrogen functional groups attached to an aromatic ring is 1. The zero-order chi connectivity index (χ0) is 12.4. The van der Waals surface area contributed by atoms with Gasteiger partial charge in [-0.05, 0) is 19.1 Å². The Morgan fingerprint density at radius 3 is 2.65 bits per heavy atom. The molecule has 3 N–H and O–H groups in total. The van der Waals surface area contributed by atoms with Crippen LogP contribution in [0.5, 0.6) is 5.75 Å². The molecule has 6 heteroatoms. The number of aromatic nitrogens is 2. The fraction of sp³-hybridized carbons (Fsp3) is 0.182. The summed E-state index contributed by atoms with van der Waals surface area (Å²) in [5.74, 6) is 0.490. The minimum Gasteiger partial charge on any atom is -0.434 e. The second kappa shape index (κ2) is 4.40. The Morgan fingerprint density at radius 2 is 2.06 bits per heavy atom. The highest BCUT2D eigenvalue weighted by Gasteiger charge is 2.15. The van der Waals surface area contributed by atoms with Crippen LogP contribution in [-0.2, 0) is 0 Å². The van der Waals surface area contributed by atoms with E-state index in [-0.39, 0.29) is 5.75 Å². The minimum atomic E-state index is -2.87. The molecule has 0 spiro atoms. The van der Waals surface area contributed by atoms with Gasteiger partial charge >= 0.3 is 6.61 Å². The van der Waals surface area contributed by atoms with Crippen molar-refractivity contribution in [1.82, 2.24) is 10.2 Å². The van der Waals surface area contributed by atoms with Gasteiger partial charge in [0.1, 0.15) is 17.3 Å². The van der Waals surface area contributed by atoms with Gasteiger partial charge in [-0.3, -0.25) is 5.10 Å². The van der Waals surface area contributed by atoms with Gasteiger partial charge < -0.3 is 10.5 Å². The summed E-state index contributed by atoms with van der Waals surface area (Å²) in [4.78, 5) is 0. The number of nitrogens with one attached hydrogen (secondary N) is 1. The van der Waals surface area contributed by atoms with Gasteiger partial charge in [-0.2, -0.15) is 13.9 Å². The SMILES string of the molecule is Cc1c(-c2ccccc2OC(F)F)n[nH]c1N. The van der Waals surface area contributed by atoms with Gasteiger partial charge in [0.05, 0.1) is 0 Å². The monoisotopic (exact) mass is 239 g/mol. The number of nitrogens with two attached hydrogens (primary N) is 1. The molecule has 0 fully saturated rings. The number of halogens is 2. The molecule has 90 valence electrons. The highest BCUT2D eigenvalue weighted by Crippen LogP contribution is 2.32. The quantitative estimate of drug-likeness (QED) is 0.865. The maximum absolute atomic E-state index is 12.2. The van der Waals surface area contributed by atoms with Crippen molar-refractivity contribution in [3.8, 4) is 17.0 Å². The molecule has 0 aliphatic heterocycles. The molecule has 2 rings (SSSR count). The highest BCUT2D eigenvalue weighted by atomic mass is 19.3. The maximum atomic E-state index is 12.2. The molecule has 0 aliphatic rings. The maximum Gasteiger partial charge on any atom is 0.387 e. The molecule has 2 aromatic rings. The van der Waals surface area contributed by atoms with E-state index in [2.05, 4.69) is 14.9 Å². The molecule has 0 amide bonds. The van der Waals surface area contributed by atoms with Crippen molar-refractivity contribution < 1.29 is 13.5 Å². The number of alkyl halides is 2. The van der Waals surface area contributed by atoms with Crippen molar-refractivity contribution in [2.75, 3.05) is 5.73 Å². The summed E-state index contributed by atoms with van der Waals surface area (Å²) >= 11 is 0. The van der Waals surface area contributed by atoms with E-state index in [9.17, 15) is 8.78 Å². The average Bonchev–Trinajstić information content (AvgIpc) is 2.60. The summed E-state index contributed by atoms with van der Waals surface area (Å²) in [6.07, 6.45) is 0. The van der Waals surface area contributed by atoms with Crippen LogP contribution >= 0.6 is 0 Å². The Morgan fingerprint density at radius 1 is 1.35 bits per heavy atom. The van der Waals surface area contributed by atoms with Crippen LogP contribution in [0.15, 0.2) is 24.3 Å². The zero-order valence-electron chi connectivity index (χ0n) is 9.08. The van der Waals surface area contributed by atoms with Crippen molar-refractivity contribution >= 4 is 5.82 Å². The van der Waals surface area contributed by atoms with E-state index < -0.39 is 6.61 Å². The second-order valence-corrected chi connectivity index (χ2v) is 3.49. The van der Waals surface area contributed by atoms with Crippen LogP contribution in [-0.4, -0.2) is 16.8 Å². The summed E-state index contributed by atoms with van der Waals surface area (Å²) < 4.78 is 28.9. The van der Waals surface area contributed by atoms with E-state index >= 15 is 0 Å². The number of aromatic amines is 1. The smallest absolute Gasteiger partial charge is 0.387 e. The third-order valence-electron chi connectivity index (χ3n) is 2.41. The average molecular weight is 239 g/mol. The van der Waals surface area contributed by atoms with E-state index in [1.807, 2.05) is 0 Å². The Hall–Kier alpha value is -2.11. The van der Waals surface area contributed by atoms with Crippen molar-refractivity contribution in [1.29, 1.82) is 0 Å². The highest BCUT2D eigenvalue weighted by molar-refractivity contribution is 5.72. The van der Waals surface area contributed by atoms with Crippen LogP contribution in [0.2, 0.25) is 0 Å². The van der Waals surface area contributed by atoms with E-state index in [1.54, 1.807) is 25.1 Å². The summed E-state index contributed by atoms with van der Waals surface area (Å²) in [5.41, 5.74) is 7.32. The number of anilines is 1. The van der Waals surface area contributed by atoms with Gasteiger partial charge in [0.15, 0.2) is 0 Å². The first-order chi connectivity index (χ1) is 8.09. The fourth-order valence-electron chi connectivity index (χ4n) is 1.53. The number of para-hydroxylation sites is 1. The van der Waals surface area contributed by atoms with Gasteiger partial charge in [-0.15, -0.1) is 0 Å². The summed E-state index contributed by atoms with van der Waals surface area (Å²) in [7, 11) is 0. The number of hydrogen-bond donors (Lipinski definition) is 2. The summed E-state index contributed by atoms with van der Waals surface area (Å²) in [6, 6.07) is 6.46. The Labute approximate surface area is 96.4 Å². The van der Waals surface area contributed by atoms with Crippen molar-refractivity contribution in [3.63, 3.8) is 0 Å². The number of ether oxygens (including phenoxy) is 1. The van der Waals surface area contributed by atoms with Crippen LogP contribution in [0.1, 0.15) is 5.56 Å². The van der Waals surface area contributed by atoms with Crippen LogP contribution in [0.3, 0.4) is 0 Å². The van der Waals surface area contributed by atoms with Crippen molar-refractivity contribution in [2.45, 2.75) is 13.5 Å². The van der Waals surface area contributed by atoms with Gasteiger partial charge in [-0.1, -0.05) is 12.1 Å².